The summed E-state index contributed by atoms with van der Waals surface area (Å²) in [5, 5.41) is 5.04. The highest BCUT2D eigenvalue weighted by Crippen LogP contribution is 2.34. The lowest BCUT2D eigenvalue weighted by atomic mass is 10.2. The molecular formula is C22H24ClN3O5S2. The summed E-state index contributed by atoms with van der Waals surface area (Å²) < 4.78 is 38.9. The van der Waals surface area contributed by atoms with Crippen molar-refractivity contribution in [3.63, 3.8) is 0 Å². The van der Waals surface area contributed by atoms with Crippen molar-refractivity contribution in [2.45, 2.75) is 44.7 Å². The summed E-state index contributed by atoms with van der Waals surface area (Å²) in [6.45, 7) is 7.18. The minimum absolute atomic E-state index is 0.0222. The Kier molecular flexibility index (Phi) is 7.96. The predicted octanol–water partition coefficient (Wildman–Crippen LogP) is 5.32. The van der Waals surface area contributed by atoms with Gasteiger partial charge in [-0.1, -0.05) is 11.6 Å². The Bertz CT molecular complexity index is 1230. The van der Waals surface area contributed by atoms with E-state index in [-0.39, 0.29) is 33.7 Å². The van der Waals surface area contributed by atoms with Gasteiger partial charge in [0.05, 0.1) is 16.0 Å². The summed E-state index contributed by atoms with van der Waals surface area (Å²) in [4.78, 5) is 16.8. The van der Waals surface area contributed by atoms with Gasteiger partial charge in [0, 0.05) is 29.2 Å². The molecule has 0 radical (unpaired) electrons. The average Bonchev–Trinajstić information content (AvgIpc) is 3.20. The maximum atomic E-state index is 12.7. The fourth-order valence-electron chi connectivity index (χ4n) is 2.79. The third kappa shape index (κ3) is 6.91. The van der Waals surface area contributed by atoms with Crippen LogP contribution in [0.3, 0.4) is 0 Å². The molecule has 0 aliphatic rings. The Morgan fingerprint density at radius 2 is 1.82 bits per heavy atom. The van der Waals surface area contributed by atoms with E-state index in [0.717, 1.165) is 0 Å². The van der Waals surface area contributed by atoms with Crippen molar-refractivity contribution >= 4 is 44.0 Å². The first-order valence-electron chi connectivity index (χ1n) is 10.1. The number of hydrogen-bond donors (Lipinski definition) is 2. The number of halogens is 1. The zero-order chi connectivity index (χ0) is 24.2. The van der Waals surface area contributed by atoms with Gasteiger partial charge in [-0.05, 0) is 58.0 Å². The third-order valence-corrected chi connectivity index (χ3v) is 6.64. The predicted molar refractivity (Wildman–Crippen MR) is 129 cm³/mol. The number of aromatic nitrogens is 1. The molecule has 0 aliphatic heterocycles. The Labute approximate surface area is 202 Å². The van der Waals surface area contributed by atoms with E-state index >= 15 is 0 Å². The van der Waals surface area contributed by atoms with E-state index in [2.05, 4.69) is 15.0 Å². The van der Waals surface area contributed by atoms with Crippen LogP contribution < -0.4 is 19.5 Å². The number of sulfonamides is 1. The van der Waals surface area contributed by atoms with Gasteiger partial charge in [-0.15, -0.1) is 11.3 Å². The number of anilines is 1. The molecule has 3 aromatic rings. The van der Waals surface area contributed by atoms with Gasteiger partial charge in [0.25, 0.3) is 5.91 Å². The SMILES string of the molecule is CC(C)NS(=O)(=O)c1ccc(Oc2cc(OC(C)C)cc(C(=O)Nc3nccs3)c2)c(Cl)c1. The highest BCUT2D eigenvalue weighted by Gasteiger charge is 2.18. The lowest BCUT2D eigenvalue weighted by molar-refractivity contribution is 0.102. The molecule has 0 atom stereocenters. The quantitative estimate of drug-likeness (QED) is 0.404. The fourth-order valence-corrected chi connectivity index (χ4v) is 4.88. The second-order valence-corrected chi connectivity index (χ2v) is 10.6. The van der Waals surface area contributed by atoms with Gasteiger partial charge in [0.15, 0.2) is 5.13 Å². The Morgan fingerprint density at radius 1 is 1.09 bits per heavy atom. The van der Waals surface area contributed by atoms with Crippen LogP contribution in [0.5, 0.6) is 17.2 Å². The van der Waals surface area contributed by atoms with E-state index < -0.39 is 10.0 Å². The second-order valence-electron chi connectivity index (χ2n) is 7.62. The Morgan fingerprint density at radius 3 is 2.42 bits per heavy atom. The van der Waals surface area contributed by atoms with Gasteiger partial charge in [-0.25, -0.2) is 18.1 Å². The highest BCUT2D eigenvalue weighted by atomic mass is 35.5. The van der Waals surface area contributed by atoms with Gasteiger partial charge >= 0.3 is 0 Å². The van der Waals surface area contributed by atoms with Crippen molar-refractivity contribution in [3.05, 3.63) is 58.6 Å². The van der Waals surface area contributed by atoms with Crippen LogP contribution in [-0.2, 0) is 10.0 Å². The lowest BCUT2D eigenvalue weighted by Crippen LogP contribution is -2.30. The molecule has 0 fully saturated rings. The molecule has 0 unspecified atom stereocenters. The molecule has 8 nitrogen and oxygen atoms in total. The third-order valence-electron chi connectivity index (χ3n) is 4.00. The number of ether oxygens (including phenoxy) is 2. The van der Waals surface area contributed by atoms with Gasteiger partial charge in [0.1, 0.15) is 17.2 Å². The molecule has 0 saturated carbocycles. The van der Waals surface area contributed by atoms with Crippen LogP contribution >= 0.6 is 22.9 Å². The van der Waals surface area contributed by atoms with Crippen LogP contribution in [0.4, 0.5) is 5.13 Å². The molecule has 33 heavy (non-hydrogen) atoms. The van der Waals surface area contributed by atoms with Crippen molar-refractivity contribution in [2.75, 3.05) is 5.32 Å². The van der Waals surface area contributed by atoms with Crippen molar-refractivity contribution in [2.24, 2.45) is 0 Å². The molecule has 0 aliphatic carbocycles. The highest BCUT2D eigenvalue weighted by molar-refractivity contribution is 7.89. The summed E-state index contributed by atoms with van der Waals surface area (Å²) in [6.07, 6.45) is 1.46. The first-order chi connectivity index (χ1) is 15.5. The van der Waals surface area contributed by atoms with Crippen LogP contribution in [0.25, 0.3) is 0 Å². The van der Waals surface area contributed by atoms with Gasteiger partial charge in [-0.3, -0.25) is 10.1 Å². The summed E-state index contributed by atoms with van der Waals surface area (Å²) >= 11 is 7.61. The van der Waals surface area contributed by atoms with Gasteiger partial charge < -0.3 is 9.47 Å². The fraction of sp³-hybridized carbons (Fsp3) is 0.273. The number of carbonyl (C=O) groups is 1. The largest absolute Gasteiger partial charge is 0.491 e. The first kappa shape index (κ1) is 25.0. The van der Waals surface area contributed by atoms with Crippen molar-refractivity contribution < 1.29 is 22.7 Å². The zero-order valence-electron chi connectivity index (χ0n) is 18.5. The molecule has 0 saturated heterocycles. The van der Waals surface area contributed by atoms with Crippen molar-refractivity contribution in [3.8, 4) is 17.2 Å². The van der Waals surface area contributed by atoms with Crippen molar-refractivity contribution in [1.29, 1.82) is 0 Å². The molecule has 2 aromatic carbocycles. The molecule has 1 heterocycles. The summed E-state index contributed by atoms with van der Waals surface area (Å²) in [5.74, 6) is 0.586. The first-order valence-corrected chi connectivity index (χ1v) is 12.8. The molecule has 11 heteroatoms. The number of nitrogens with one attached hydrogen (secondary N) is 2. The van der Waals surface area contributed by atoms with Crippen LogP contribution in [0, 0.1) is 0 Å². The number of thiazole rings is 1. The second kappa shape index (κ2) is 10.5. The monoisotopic (exact) mass is 509 g/mol. The van der Waals surface area contributed by atoms with Gasteiger partial charge in [-0.2, -0.15) is 0 Å². The maximum Gasteiger partial charge on any atom is 0.257 e. The molecular weight excluding hydrogens is 486 g/mol. The number of benzene rings is 2. The van der Waals surface area contributed by atoms with Crippen LogP contribution in [0.1, 0.15) is 38.1 Å². The van der Waals surface area contributed by atoms with E-state index in [1.807, 2.05) is 13.8 Å². The molecule has 2 N–H and O–H groups in total. The number of hydrogen-bond acceptors (Lipinski definition) is 7. The van der Waals surface area contributed by atoms with E-state index in [1.165, 1.54) is 35.6 Å². The van der Waals surface area contributed by atoms with Crippen molar-refractivity contribution in [1.82, 2.24) is 9.71 Å². The normalized spacial score (nSPS) is 11.6. The van der Waals surface area contributed by atoms with Gasteiger partial charge in [0.2, 0.25) is 10.0 Å². The summed E-state index contributed by atoms with van der Waals surface area (Å²) in [5.41, 5.74) is 0.301. The van der Waals surface area contributed by atoms with E-state index in [4.69, 9.17) is 21.1 Å². The standard InChI is InChI=1S/C22H24ClN3O5S2/c1-13(2)26-33(28,29)18-5-6-20(19(23)12-18)31-17-10-15(9-16(11-17)30-14(3)4)21(27)25-22-24-7-8-32-22/h5-14,26H,1-4H3,(H,24,25,27). The number of amides is 1. The molecule has 0 spiro atoms. The minimum atomic E-state index is -3.70. The summed E-state index contributed by atoms with van der Waals surface area (Å²) in [7, 11) is -3.70. The average molecular weight is 510 g/mol. The zero-order valence-corrected chi connectivity index (χ0v) is 20.8. The molecule has 176 valence electrons. The topological polar surface area (TPSA) is 107 Å². The lowest BCUT2D eigenvalue weighted by Gasteiger charge is -2.15. The van der Waals surface area contributed by atoms with Crippen LogP contribution in [0.2, 0.25) is 5.02 Å². The number of rotatable bonds is 9. The molecule has 1 aromatic heterocycles. The number of carbonyl (C=O) groups excluding carboxylic acids is 1. The molecule has 0 bridgehead atoms. The van der Waals surface area contributed by atoms with E-state index in [1.54, 1.807) is 37.6 Å². The Hall–Kier alpha value is -2.66. The van der Waals surface area contributed by atoms with Crippen LogP contribution in [0.15, 0.2) is 52.9 Å². The van der Waals surface area contributed by atoms with E-state index in [0.29, 0.717) is 22.2 Å². The van der Waals surface area contributed by atoms with E-state index in [9.17, 15) is 13.2 Å². The minimum Gasteiger partial charge on any atom is -0.491 e. The maximum absolute atomic E-state index is 12.7. The summed E-state index contributed by atoms with van der Waals surface area (Å²) in [6, 6.07) is 8.68. The smallest absolute Gasteiger partial charge is 0.257 e. The molecule has 3 rings (SSSR count). The van der Waals surface area contributed by atoms with Crippen LogP contribution in [-0.4, -0.2) is 31.5 Å². The molecule has 1 amide bonds. The number of nitrogens with zero attached hydrogens (tertiary/aromatic N) is 1. The Balaban J connectivity index is 1.89.